The van der Waals surface area contributed by atoms with Crippen LogP contribution in [0.25, 0.3) is 0 Å². The number of benzene rings is 2. The molecule has 1 aromatic heterocycles. The molecule has 0 amide bonds. The SMILES string of the molecule is CCOc1ccccc1Nc1ccnc(Nc2ccc(C)cc2Br)n1. The van der Waals surface area contributed by atoms with Crippen LogP contribution >= 0.6 is 15.9 Å². The van der Waals surface area contributed by atoms with Gasteiger partial charge in [-0.3, -0.25) is 0 Å². The fourth-order valence-corrected chi connectivity index (χ4v) is 2.91. The van der Waals surface area contributed by atoms with E-state index in [1.165, 1.54) is 5.56 Å². The number of nitrogens with one attached hydrogen (secondary N) is 2. The number of aryl methyl sites for hydroxylation is 1. The minimum Gasteiger partial charge on any atom is -0.492 e. The Morgan fingerprint density at radius 2 is 1.88 bits per heavy atom. The van der Waals surface area contributed by atoms with Crippen LogP contribution in [0.1, 0.15) is 12.5 Å². The highest BCUT2D eigenvalue weighted by atomic mass is 79.9. The summed E-state index contributed by atoms with van der Waals surface area (Å²) < 4.78 is 6.60. The Kier molecular flexibility index (Phi) is 5.50. The Morgan fingerprint density at radius 1 is 1.04 bits per heavy atom. The number of para-hydroxylation sites is 2. The van der Waals surface area contributed by atoms with Gasteiger partial charge in [-0.05, 0) is 65.7 Å². The van der Waals surface area contributed by atoms with Gasteiger partial charge < -0.3 is 15.4 Å². The Labute approximate surface area is 155 Å². The van der Waals surface area contributed by atoms with Crippen molar-refractivity contribution in [3.8, 4) is 5.75 Å². The molecule has 2 N–H and O–H groups in total. The van der Waals surface area contributed by atoms with Crippen LogP contribution in [0.5, 0.6) is 5.75 Å². The van der Waals surface area contributed by atoms with Crippen molar-refractivity contribution in [2.24, 2.45) is 0 Å². The number of aromatic nitrogens is 2. The summed E-state index contributed by atoms with van der Waals surface area (Å²) >= 11 is 3.55. The fraction of sp³-hybridized carbons (Fsp3) is 0.158. The van der Waals surface area contributed by atoms with Crippen molar-refractivity contribution in [1.29, 1.82) is 0 Å². The van der Waals surface area contributed by atoms with Crippen LogP contribution < -0.4 is 15.4 Å². The minimum absolute atomic E-state index is 0.517. The molecule has 0 radical (unpaired) electrons. The zero-order valence-corrected chi connectivity index (χ0v) is 15.7. The molecule has 2 aromatic carbocycles. The third-order valence-electron chi connectivity index (χ3n) is 3.48. The molecule has 0 saturated carbocycles. The van der Waals surface area contributed by atoms with Gasteiger partial charge in [0.25, 0.3) is 0 Å². The number of hydrogen-bond donors (Lipinski definition) is 2. The molecule has 5 nitrogen and oxygen atoms in total. The summed E-state index contributed by atoms with van der Waals surface area (Å²) in [6.07, 6.45) is 1.71. The monoisotopic (exact) mass is 398 g/mol. The van der Waals surface area contributed by atoms with E-state index in [1.54, 1.807) is 6.20 Å². The van der Waals surface area contributed by atoms with E-state index in [4.69, 9.17) is 4.74 Å². The van der Waals surface area contributed by atoms with Gasteiger partial charge in [-0.15, -0.1) is 0 Å². The molecule has 0 atom stereocenters. The Bertz CT molecular complexity index is 870. The lowest BCUT2D eigenvalue weighted by atomic mass is 10.2. The van der Waals surface area contributed by atoms with Crippen molar-refractivity contribution >= 4 is 39.1 Å². The largest absolute Gasteiger partial charge is 0.492 e. The minimum atomic E-state index is 0.517. The number of hydrogen-bond acceptors (Lipinski definition) is 5. The lowest BCUT2D eigenvalue weighted by molar-refractivity contribution is 0.342. The predicted molar refractivity (Wildman–Crippen MR) is 105 cm³/mol. The van der Waals surface area contributed by atoms with Crippen molar-refractivity contribution in [2.75, 3.05) is 17.2 Å². The van der Waals surface area contributed by atoms with Gasteiger partial charge in [0, 0.05) is 10.7 Å². The first-order valence-corrected chi connectivity index (χ1v) is 8.80. The molecule has 1 heterocycles. The average Bonchev–Trinajstić information content (AvgIpc) is 2.60. The molecule has 0 unspecified atom stereocenters. The molecule has 3 rings (SSSR count). The summed E-state index contributed by atoms with van der Waals surface area (Å²) in [6, 6.07) is 15.7. The molecule has 25 heavy (non-hydrogen) atoms. The smallest absolute Gasteiger partial charge is 0.229 e. The average molecular weight is 399 g/mol. The van der Waals surface area contributed by atoms with Gasteiger partial charge in [-0.2, -0.15) is 4.98 Å². The molecule has 0 aliphatic carbocycles. The van der Waals surface area contributed by atoms with Crippen molar-refractivity contribution in [1.82, 2.24) is 9.97 Å². The van der Waals surface area contributed by atoms with E-state index in [0.29, 0.717) is 18.4 Å². The first kappa shape index (κ1) is 17.2. The van der Waals surface area contributed by atoms with Crippen LogP contribution in [0.2, 0.25) is 0 Å². The van der Waals surface area contributed by atoms with Gasteiger partial charge in [0.15, 0.2) is 0 Å². The van der Waals surface area contributed by atoms with E-state index < -0.39 is 0 Å². The van der Waals surface area contributed by atoms with Gasteiger partial charge in [0.2, 0.25) is 5.95 Å². The predicted octanol–water partition coefficient (Wildman–Crippen LogP) is 5.43. The van der Waals surface area contributed by atoms with Crippen molar-refractivity contribution in [3.63, 3.8) is 0 Å². The summed E-state index contributed by atoms with van der Waals surface area (Å²) in [4.78, 5) is 8.80. The lowest BCUT2D eigenvalue weighted by Gasteiger charge is -2.13. The van der Waals surface area contributed by atoms with E-state index in [0.717, 1.165) is 21.6 Å². The summed E-state index contributed by atoms with van der Waals surface area (Å²) in [5.74, 6) is 2.00. The van der Waals surface area contributed by atoms with Gasteiger partial charge in [0.1, 0.15) is 11.6 Å². The van der Waals surface area contributed by atoms with Crippen LogP contribution in [0.4, 0.5) is 23.1 Å². The van der Waals surface area contributed by atoms with Crippen LogP contribution in [-0.2, 0) is 0 Å². The Morgan fingerprint density at radius 3 is 2.68 bits per heavy atom. The molecule has 0 bridgehead atoms. The Balaban J connectivity index is 1.80. The normalized spacial score (nSPS) is 10.4. The van der Waals surface area contributed by atoms with Gasteiger partial charge >= 0.3 is 0 Å². The highest BCUT2D eigenvalue weighted by Crippen LogP contribution is 2.28. The van der Waals surface area contributed by atoms with E-state index >= 15 is 0 Å². The second kappa shape index (κ2) is 7.98. The molecule has 0 spiro atoms. The Hall–Kier alpha value is -2.60. The van der Waals surface area contributed by atoms with Crippen molar-refractivity contribution in [2.45, 2.75) is 13.8 Å². The standard InChI is InChI=1S/C19H19BrN4O/c1-3-25-17-7-5-4-6-16(17)22-18-10-11-21-19(24-18)23-15-9-8-13(2)12-14(15)20/h4-12H,3H2,1-2H3,(H2,21,22,23,24). The van der Waals surface area contributed by atoms with Gasteiger partial charge in [0.05, 0.1) is 18.0 Å². The molecule has 0 aliphatic heterocycles. The number of halogens is 1. The highest BCUT2D eigenvalue weighted by molar-refractivity contribution is 9.10. The zero-order chi connectivity index (χ0) is 17.6. The van der Waals surface area contributed by atoms with E-state index in [-0.39, 0.29) is 0 Å². The van der Waals surface area contributed by atoms with E-state index in [9.17, 15) is 0 Å². The van der Waals surface area contributed by atoms with Crippen LogP contribution in [0.3, 0.4) is 0 Å². The topological polar surface area (TPSA) is 59.1 Å². The van der Waals surface area contributed by atoms with E-state index in [2.05, 4.69) is 36.5 Å². The second-order valence-corrected chi connectivity index (χ2v) is 6.28. The zero-order valence-electron chi connectivity index (χ0n) is 14.1. The summed E-state index contributed by atoms with van der Waals surface area (Å²) in [5, 5.41) is 6.50. The second-order valence-electron chi connectivity index (χ2n) is 5.43. The molecule has 3 aromatic rings. The summed E-state index contributed by atoms with van der Waals surface area (Å²) in [7, 11) is 0. The summed E-state index contributed by atoms with van der Waals surface area (Å²) in [6.45, 7) is 4.62. The number of ether oxygens (including phenoxy) is 1. The number of nitrogens with zero attached hydrogens (tertiary/aromatic N) is 2. The molecule has 0 aliphatic rings. The van der Waals surface area contributed by atoms with Crippen molar-refractivity contribution < 1.29 is 4.74 Å². The maximum atomic E-state index is 5.63. The quantitative estimate of drug-likeness (QED) is 0.579. The molecule has 0 saturated heterocycles. The first-order valence-electron chi connectivity index (χ1n) is 8.01. The molecule has 0 fully saturated rings. The maximum Gasteiger partial charge on any atom is 0.229 e. The number of rotatable bonds is 6. The van der Waals surface area contributed by atoms with Crippen molar-refractivity contribution in [3.05, 3.63) is 64.8 Å². The van der Waals surface area contributed by atoms with Crippen LogP contribution in [-0.4, -0.2) is 16.6 Å². The summed E-state index contributed by atoms with van der Waals surface area (Å²) in [5.41, 5.74) is 2.96. The lowest BCUT2D eigenvalue weighted by Crippen LogP contribution is -2.02. The van der Waals surface area contributed by atoms with Gasteiger partial charge in [-0.25, -0.2) is 4.98 Å². The molecule has 128 valence electrons. The fourth-order valence-electron chi connectivity index (χ4n) is 2.32. The number of anilines is 4. The van der Waals surface area contributed by atoms with Crippen LogP contribution in [0.15, 0.2) is 59.2 Å². The maximum absolute atomic E-state index is 5.63. The van der Waals surface area contributed by atoms with Crippen LogP contribution in [0, 0.1) is 6.92 Å². The van der Waals surface area contributed by atoms with Gasteiger partial charge in [-0.1, -0.05) is 18.2 Å². The molecular formula is C19H19BrN4O. The van der Waals surface area contributed by atoms with E-state index in [1.807, 2.05) is 62.4 Å². The molecular weight excluding hydrogens is 380 g/mol. The first-order chi connectivity index (χ1) is 12.2. The third kappa shape index (κ3) is 4.48. The molecule has 6 heteroatoms. The third-order valence-corrected chi connectivity index (χ3v) is 4.13. The highest BCUT2D eigenvalue weighted by Gasteiger charge is 2.06.